The topological polar surface area (TPSA) is 76.2 Å². The van der Waals surface area contributed by atoms with Crippen LogP contribution in [-0.4, -0.2) is 16.1 Å². The maximum absolute atomic E-state index is 10.6. The summed E-state index contributed by atoms with van der Waals surface area (Å²) >= 11 is 12.2. The predicted octanol–water partition coefficient (Wildman–Crippen LogP) is 3.26. The molecule has 3 N–H and O–H groups in total. The molecule has 0 aliphatic carbocycles. The Morgan fingerprint density at radius 1 is 1.32 bits per heavy atom. The van der Waals surface area contributed by atoms with Crippen LogP contribution in [0, 0.1) is 0 Å². The number of nitrogens with zero attached hydrogens (tertiary/aromatic N) is 1. The Labute approximate surface area is 119 Å². The molecule has 0 unspecified atom stereocenters. The molecule has 0 fully saturated rings. The van der Waals surface area contributed by atoms with Gasteiger partial charge in [-0.05, 0) is 23.8 Å². The second-order valence-electron chi connectivity index (χ2n) is 3.95. The maximum atomic E-state index is 10.6. The van der Waals surface area contributed by atoms with E-state index in [1.165, 1.54) is 6.20 Å². The van der Waals surface area contributed by atoms with Crippen molar-refractivity contribution in [1.29, 1.82) is 0 Å². The van der Waals surface area contributed by atoms with E-state index < -0.39 is 5.97 Å². The van der Waals surface area contributed by atoms with Gasteiger partial charge in [-0.25, -0.2) is 0 Å². The normalized spacial score (nSPS) is 10.4. The number of aliphatic carboxylic acids is 1. The van der Waals surface area contributed by atoms with Gasteiger partial charge in [0.15, 0.2) is 0 Å². The quantitative estimate of drug-likeness (QED) is 0.911. The third-order valence-corrected chi connectivity index (χ3v) is 3.16. The van der Waals surface area contributed by atoms with Gasteiger partial charge in [0, 0.05) is 11.8 Å². The van der Waals surface area contributed by atoms with Gasteiger partial charge in [0.2, 0.25) is 0 Å². The first-order valence-corrected chi connectivity index (χ1v) is 6.15. The van der Waals surface area contributed by atoms with Gasteiger partial charge in [-0.1, -0.05) is 29.3 Å². The van der Waals surface area contributed by atoms with E-state index in [4.69, 9.17) is 34.0 Å². The van der Waals surface area contributed by atoms with Crippen molar-refractivity contribution < 1.29 is 9.90 Å². The molecule has 0 bridgehead atoms. The zero-order chi connectivity index (χ0) is 14.0. The number of nitrogen functional groups attached to an aromatic ring is 1. The average Bonchev–Trinajstić information content (AvgIpc) is 2.30. The number of hydrogen-bond acceptors (Lipinski definition) is 3. The zero-order valence-corrected chi connectivity index (χ0v) is 11.2. The smallest absolute Gasteiger partial charge is 0.307 e. The van der Waals surface area contributed by atoms with Crippen LogP contribution in [0.5, 0.6) is 0 Å². The predicted molar refractivity (Wildman–Crippen MR) is 75.4 cm³/mol. The lowest BCUT2D eigenvalue weighted by atomic mass is 10.1. The molecule has 1 aromatic carbocycles. The number of rotatable bonds is 3. The number of benzene rings is 1. The highest BCUT2D eigenvalue weighted by Crippen LogP contribution is 2.36. The lowest BCUT2D eigenvalue weighted by molar-refractivity contribution is -0.136. The van der Waals surface area contributed by atoms with Crippen LogP contribution in [0.2, 0.25) is 10.0 Å². The fraction of sp³-hybridized carbons (Fsp3) is 0.0769. The number of carboxylic acid groups (broad SMARTS) is 1. The largest absolute Gasteiger partial charge is 0.481 e. The van der Waals surface area contributed by atoms with Crippen LogP contribution in [0.25, 0.3) is 11.3 Å². The van der Waals surface area contributed by atoms with Crippen molar-refractivity contribution in [2.75, 3.05) is 5.73 Å². The molecule has 1 heterocycles. The number of anilines is 1. The standard InChI is InChI=1S/C13H10Cl2N2O2/c14-8-2-1-3-9(15)12(8)13-10(16)4-7(6-17-13)5-11(18)19/h1-4,6H,5,16H2,(H,18,19). The Bertz CT molecular complexity index is 624. The molecule has 0 aliphatic rings. The molecular formula is C13H10Cl2N2O2. The van der Waals surface area contributed by atoms with E-state index in [1.54, 1.807) is 24.3 Å². The number of hydrogen-bond donors (Lipinski definition) is 2. The van der Waals surface area contributed by atoms with Crippen LogP contribution in [0.3, 0.4) is 0 Å². The fourth-order valence-corrected chi connectivity index (χ4v) is 2.31. The highest BCUT2D eigenvalue weighted by molar-refractivity contribution is 6.39. The highest BCUT2D eigenvalue weighted by atomic mass is 35.5. The van der Waals surface area contributed by atoms with Crippen LogP contribution in [0.1, 0.15) is 5.56 Å². The van der Waals surface area contributed by atoms with E-state index >= 15 is 0 Å². The Hall–Kier alpha value is -1.78. The molecule has 4 nitrogen and oxygen atoms in total. The minimum atomic E-state index is -0.940. The number of nitrogens with two attached hydrogens (primary N) is 1. The average molecular weight is 297 g/mol. The molecular weight excluding hydrogens is 287 g/mol. The molecule has 19 heavy (non-hydrogen) atoms. The molecule has 0 saturated heterocycles. The summed E-state index contributed by atoms with van der Waals surface area (Å²) in [6.07, 6.45) is 1.33. The summed E-state index contributed by atoms with van der Waals surface area (Å²) in [5.41, 5.74) is 7.76. The van der Waals surface area contributed by atoms with Crippen molar-refractivity contribution in [3.8, 4) is 11.3 Å². The maximum Gasteiger partial charge on any atom is 0.307 e. The lowest BCUT2D eigenvalue weighted by Gasteiger charge is -2.10. The monoisotopic (exact) mass is 296 g/mol. The van der Waals surface area contributed by atoms with Gasteiger partial charge < -0.3 is 10.8 Å². The second-order valence-corrected chi connectivity index (χ2v) is 4.76. The summed E-state index contributed by atoms with van der Waals surface area (Å²) in [4.78, 5) is 14.8. The summed E-state index contributed by atoms with van der Waals surface area (Å²) in [5, 5.41) is 9.61. The molecule has 98 valence electrons. The number of carbonyl (C=O) groups is 1. The SMILES string of the molecule is Nc1cc(CC(=O)O)cnc1-c1c(Cl)cccc1Cl. The van der Waals surface area contributed by atoms with Crippen LogP contribution in [0.15, 0.2) is 30.5 Å². The first-order valence-electron chi connectivity index (χ1n) is 5.39. The fourth-order valence-electron chi connectivity index (χ4n) is 1.73. The zero-order valence-electron chi connectivity index (χ0n) is 9.73. The first kappa shape index (κ1) is 13.6. The van der Waals surface area contributed by atoms with Crippen LogP contribution in [-0.2, 0) is 11.2 Å². The molecule has 0 saturated carbocycles. The van der Waals surface area contributed by atoms with Gasteiger partial charge in [-0.15, -0.1) is 0 Å². The summed E-state index contributed by atoms with van der Waals surface area (Å²) in [6, 6.07) is 6.67. The number of halogens is 2. The van der Waals surface area contributed by atoms with Crippen molar-refractivity contribution >= 4 is 34.9 Å². The minimum absolute atomic E-state index is 0.131. The van der Waals surface area contributed by atoms with Crippen molar-refractivity contribution in [2.24, 2.45) is 0 Å². The molecule has 0 aliphatic heterocycles. The van der Waals surface area contributed by atoms with E-state index in [2.05, 4.69) is 4.98 Å². The van der Waals surface area contributed by atoms with E-state index in [9.17, 15) is 4.79 Å². The second kappa shape index (κ2) is 5.47. The Morgan fingerprint density at radius 3 is 2.47 bits per heavy atom. The van der Waals surface area contributed by atoms with Gasteiger partial charge in [0.05, 0.1) is 27.8 Å². The molecule has 0 spiro atoms. The molecule has 2 rings (SSSR count). The summed E-state index contributed by atoms with van der Waals surface area (Å²) in [5.74, 6) is -0.940. The molecule has 0 atom stereocenters. The van der Waals surface area contributed by atoms with Gasteiger partial charge in [0.25, 0.3) is 0 Å². The highest BCUT2D eigenvalue weighted by Gasteiger charge is 2.13. The van der Waals surface area contributed by atoms with Gasteiger partial charge >= 0.3 is 5.97 Å². The minimum Gasteiger partial charge on any atom is -0.481 e. The van der Waals surface area contributed by atoms with Crippen LogP contribution >= 0.6 is 23.2 Å². The Kier molecular flexibility index (Phi) is 3.93. The molecule has 0 radical (unpaired) electrons. The summed E-state index contributed by atoms with van der Waals surface area (Å²) in [7, 11) is 0. The van der Waals surface area contributed by atoms with Gasteiger partial charge in [-0.2, -0.15) is 0 Å². The Morgan fingerprint density at radius 2 is 1.95 bits per heavy atom. The summed E-state index contributed by atoms with van der Waals surface area (Å²) in [6.45, 7) is 0. The van der Waals surface area contributed by atoms with Crippen molar-refractivity contribution in [1.82, 2.24) is 4.98 Å². The molecule has 2 aromatic rings. The van der Waals surface area contributed by atoms with E-state index in [0.717, 1.165) is 0 Å². The molecule has 0 amide bonds. The Balaban J connectivity index is 2.49. The van der Waals surface area contributed by atoms with E-state index in [-0.39, 0.29) is 6.42 Å². The van der Waals surface area contributed by atoms with Crippen molar-refractivity contribution in [2.45, 2.75) is 6.42 Å². The van der Waals surface area contributed by atoms with E-state index in [1.807, 2.05) is 0 Å². The third-order valence-electron chi connectivity index (χ3n) is 2.53. The van der Waals surface area contributed by atoms with Gasteiger partial charge in [0.1, 0.15) is 0 Å². The summed E-state index contributed by atoms with van der Waals surface area (Å²) < 4.78 is 0. The number of carboxylic acids is 1. The number of aromatic nitrogens is 1. The van der Waals surface area contributed by atoms with Crippen LogP contribution in [0.4, 0.5) is 5.69 Å². The van der Waals surface area contributed by atoms with E-state index in [0.29, 0.717) is 32.6 Å². The molecule has 6 heteroatoms. The molecule has 1 aromatic heterocycles. The van der Waals surface area contributed by atoms with Crippen LogP contribution < -0.4 is 5.73 Å². The third kappa shape index (κ3) is 2.97. The van der Waals surface area contributed by atoms with Crippen molar-refractivity contribution in [3.63, 3.8) is 0 Å². The van der Waals surface area contributed by atoms with Gasteiger partial charge in [-0.3, -0.25) is 9.78 Å². The lowest BCUT2D eigenvalue weighted by Crippen LogP contribution is -2.03. The van der Waals surface area contributed by atoms with Crippen molar-refractivity contribution in [3.05, 3.63) is 46.1 Å². The first-order chi connectivity index (χ1) is 8.99. The number of pyridine rings is 1.